The van der Waals surface area contributed by atoms with Gasteiger partial charge in [-0.25, -0.2) is 0 Å². The number of aromatic amines is 1. The molecule has 0 radical (unpaired) electrons. The Balaban J connectivity index is 2.90. The lowest BCUT2D eigenvalue weighted by atomic mass is 10.0. The number of aromatic nitrogens is 1. The predicted molar refractivity (Wildman–Crippen MR) is 59.4 cm³/mol. The second-order valence-corrected chi connectivity index (χ2v) is 4.56. The molecule has 1 aromatic rings. The van der Waals surface area contributed by atoms with Crippen LogP contribution in [0.4, 0.5) is 0 Å². The Morgan fingerprint density at radius 2 is 1.71 bits per heavy atom. The third kappa shape index (κ3) is 2.18. The summed E-state index contributed by atoms with van der Waals surface area (Å²) in [6.07, 6.45) is 0.475. The summed E-state index contributed by atoms with van der Waals surface area (Å²) in [6, 6.07) is 0. The van der Waals surface area contributed by atoms with Gasteiger partial charge >= 0.3 is 0 Å². The molecule has 0 spiro atoms. The zero-order valence-corrected chi connectivity index (χ0v) is 9.81. The number of hydrogen-bond donors (Lipinski definition) is 2. The molecule has 0 aliphatic rings. The molecule has 0 bridgehead atoms. The van der Waals surface area contributed by atoms with Crippen LogP contribution in [0, 0.1) is 26.7 Å². The van der Waals surface area contributed by atoms with Crippen molar-refractivity contribution >= 4 is 0 Å². The molecule has 2 N–H and O–H groups in total. The smallest absolute Gasteiger partial charge is 0.0942 e. The summed E-state index contributed by atoms with van der Waals surface area (Å²) >= 11 is 0. The number of aliphatic hydroxyl groups is 1. The maximum absolute atomic E-state index is 9.98. The molecule has 1 atom stereocenters. The molecule has 0 amide bonds. The minimum atomic E-state index is -0.345. The van der Waals surface area contributed by atoms with Crippen molar-refractivity contribution in [1.29, 1.82) is 0 Å². The fourth-order valence-corrected chi connectivity index (χ4v) is 1.77. The molecule has 2 nitrogen and oxygen atoms in total. The molecule has 2 heteroatoms. The van der Waals surface area contributed by atoms with Crippen LogP contribution in [-0.4, -0.2) is 10.1 Å². The summed E-state index contributed by atoms with van der Waals surface area (Å²) in [4.78, 5) is 3.27. The van der Waals surface area contributed by atoms with Crippen molar-refractivity contribution in [1.82, 2.24) is 4.98 Å². The van der Waals surface area contributed by atoms with Gasteiger partial charge in [0.15, 0.2) is 0 Å². The van der Waals surface area contributed by atoms with Crippen molar-refractivity contribution in [3.8, 4) is 0 Å². The van der Waals surface area contributed by atoms with E-state index in [9.17, 15) is 5.11 Å². The molecule has 1 aromatic heterocycles. The van der Waals surface area contributed by atoms with Crippen LogP contribution < -0.4 is 0 Å². The van der Waals surface area contributed by atoms with Gasteiger partial charge in [-0.3, -0.25) is 0 Å². The van der Waals surface area contributed by atoms with Crippen LogP contribution in [0.5, 0.6) is 0 Å². The minimum Gasteiger partial charge on any atom is -0.387 e. The van der Waals surface area contributed by atoms with E-state index in [1.54, 1.807) is 0 Å². The van der Waals surface area contributed by atoms with Crippen LogP contribution in [-0.2, 0) is 0 Å². The van der Waals surface area contributed by atoms with E-state index in [0.717, 1.165) is 12.1 Å². The Morgan fingerprint density at radius 1 is 1.14 bits per heavy atom. The highest BCUT2D eigenvalue weighted by Crippen LogP contribution is 2.26. The van der Waals surface area contributed by atoms with Crippen molar-refractivity contribution in [3.05, 3.63) is 22.5 Å². The highest BCUT2D eigenvalue weighted by atomic mass is 16.3. The molecular weight excluding hydrogens is 174 g/mol. The van der Waals surface area contributed by atoms with Gasteiger partial charge in [-0.1, -0.05) is 13.8 Å². The Hall–Kier alpha value is -0.760. The second kappa shape index (κ2) is 4.18. The Kier molecular flexibility index (Phi) is 3.38. The molecule has 0 saturated heterocycles. The molecule has 0 aliphatic carbocycles. The van der Waals surface area contributed by atoms with E-state index in [1.165, 1.54) is 16.8 Å². The van der Waals surface area contributed by atoms with Gasteiger partial charge in [0.25, 0.3) is 0 Å². The van der Waals surface area contributed by atoms with Crippen molar-refractivity contribution in [2.24, 2.45) is 5.92 Å². The standard InChI is InChI=1S/C12H21NO/c1-7(2)6-11(14)12-9(4)8(3)10(5)13-12/h7,11,13-14H,6H2,1-5H3. The number of aryl methyl sites for hydroxylation is 1. The fraction of sp³-hybridized carbons (Fsp3) is 0.667. The maximum Gasteiger partial charge on any atom is 0.0942 e. The predicted octanol–water partition coefficient (Wildman–Crippen LogP) is 3.02. The number of rotatable bonds is 3. The van der Waals surface area contributed by atoms with Crippen molar-refractivity contribution < 1.29 is 5.11 Å². The molecular formula is C12H21NO. The second-order valence-electron chi connectivity index (χ2n) is 4.56. The minimum absolute atomic E-state index is 0.345. The summed E-state index contributed by atoms with van der Waals surface area (Å²) < 4.78 is 0. The van der Waals surface area contributed by atoms with E-state index < -0.39 is 0 Å². The maximum atomic E-state index is 9.98. The zero-order chi connectivity index (χ0) is 10.9. The average molecular weight is 195 g/mol. The molecule has 0 aromatic carbocycles. The molecule has 0 saturated carbocycles. The van der Waals surface area contributed by atoms with E-state index in [-0.39, 0.29) is 6.10 Å². The number of H-pyrrole nitrogens is 1. The van der Waals surface area contributed by atoms with Gasteiger partial charge in [0.2, 0.25) is 0 Å². The average Bonchev–Trinajstić information content (AvgIpc) is 2.32. The van der Waals surface area contributed by atoms with Crippen molar-refractivity contribution in [2.45, 2.75) is 47.1 Å². The summed E-state index contributed by atoms with van der Waals surface area (Å²) in [6.45, 7) is 10.5. The topological polar surface area (TPSA) is 36.0 Å². The first-order valence-electron chi connectivity index (χ1n) is 5.27. The van der Waals surface area contributed by atoms with Gasteiger partial charge in [-0.15, -0.1) is 0 Å². The lowest BCUT2D eigenvalue weighted by Gasteiger charge is -2.12. The number of hydrogen-bond acceptors (Lipinski definition) is 1. The third-order valence-electron chi connectivity index (χ3n) is 2.88. The van der Waals surface area contributed by atoms with Gasteiger partial charge < -0.3 is 10.1 Å². The monoisotopic (exact) mass is 195 g/mol. The Morgan fingerprint density at radius 3 is 2.07 bits per heavy atom. The highest BCUT2D eigenvalue weighted by Gasteiger charge is 2.16. The third-order valence-corrected chi connectivity index (χ3v) is 2.88. The normalized spacial score (nSPS) is 13.6. The first kappa shape index (κ1) is 11.3. The van der Waals surface area contributed by atoms with Gasteiger partial charge in [-0.2, -0.15) is 0 Å². The van der Waals surface area contributed by atoms with Gasteiger partial charge in [0.1, 0.15) is 0 Å². The van der Waals surface area contributed by atoms with Gasteiger partial charge in [0.05, 0.1) is 6.10 Å². The SMILES string of the molecule is Cc1[nH]c(C(O)CC(C)C)c(C)c1C. The summed E-state index contributed by atoms with van der Waals surface area (Å²) in [7, 11) is 0. The summed E-state index contributed by atoms with van der Waals surface area (Å²) in [5, 5.41) is 9.98. The zero-order valence-electron chi connectivity index (χ0n) is 9.81. The van der Waals surface area contributed by atoms with Crippen LogP contribution in [0.15, 0.2) is 0 Å². The molecule has 1 unspecified atom stereocenters. The molecule has 0 aliphatic heterocycles. The molecule has 1 rings (SSSR count). The Bertz CT molecular complexity index is 312. The number of aliphatic hydroxyl groups excluding tert-OH is 1. The Labute approximate surface area is 86.4 Å². The largest absolute Gasteiger partial charge is 0.387 e. The van der Waals surface area contributed by atoms with E-state index in [4.69, 9.17) is 0 Å². The molecule has 14 heavy (non-hydrogen) atoms. The highest BCUT2D eigenvalue weighted by molar-refractivity contribution is 5.35. The lowest BCUT2D eigenvalue weighted by molar-refractivity contribution is 0.146. The van der Waals surface area contributed by atoms with E-state index >= 15 is 0 Å². The molecule has 1 heterocycles. The summed E-state index contributed by atoms with van der Waals surface area (Å²) in [5.74, 6) is 0.522. The van der Waals surface area contributed by atoms with Crippen LogP contribution >= 0.6 is 0 Å². The van der Waals surface area contributed by atoms with Gasteiger partial charge in [-0.05, 0) is 44.2 Å². The molecule has 80 valence electrons. The number of nitrogens with one attached hydrogen (secondary N) is 1. The van der Waals surface area contributed by atoms with E-state index in [2.05, 4.69) is 32.7 Å². The van der Waals surface area contributed by atoms with Crippen molar-refractivity contribution in [2.75, 3.05) is 0 Å². The van der Waals surface area contributed by atoms with Gasteiger partial charge in [0, 0.05) is 11.4 Å². The first-order valence-corrected chi connectivity index (χ1v) is 5.27. The van der Waals surface area contributed by atoms with Crippen LogP contribution in [0.3, 0.4) is 0 Å². The quantitative estimate of drug-likeness (QED) is 0.764. The van der Waals surface area contributed by atoms with Crippen molar-refractivity contribution in [3.63, 3.8) is 0 Å². The van der Waals surface area contributed by atoms with Crippen LogP contribution in [0.1, 0.15) is 48.9 Å². The van der Waals surface area contributed by atoms with E-state index in [0.29, 0.717) is 5.92 Å². The van der Waals surface area contributed by atoms with Crippen LogP contribution in [0.25, 0.3) is 0 Å². The lowest BCUT2D eigenvalue weighted by Crippen LogP contribution is -2.03. The summed E-state index contributed by atoms with van der Waals surface area (Å²) in [5.41, 5.74) is 4.63. The molecule has 0 fully saturated rings. The fourth-order valence-electron chi connectivity index (χ4n) is 1.77. The first-order chi connectivity index (χ1) is 6.43. The van der Waals surface area contributed by atoms with E-state index in [1.807, 2.05) is 6.92 Å². The van der Waals surface area contributed by atoms with Crippen LogP contribution in [0.2, 0.25) is 0 Å².